The lowest BCUT2D eigenvalue weighted by atomic mass is 10.2. The Balaban J connectivity index is 1.63. The molecule has 0 aliphatic heterocycles. The van der Waals surface area contributed by atoms with E-state index in [0.29, 0.717) is 16.6 Å². The smallest absolute Gasteiger partial charge is 0.231 e. The highest BCUT2D eigenvalue weighted by Gasteiger charge is 2.15. The molecule has 0 spiro atoms. The van der Waals surface area contributed by atoms with Crippen LogP contribution in [0.15, 0.2) is 58.6 Å². The van der Waals surface area contributed by atoms with Gasteiger partial charge in [0.15, 0.2) is 5.16 Å². The number of hydrogen-bond acceptors (Lipinski definition) is 5. The maximum atomic E-state index is 13.9. The van der Waals surface area contributed by atoms with Crippen LogP contribution < -0.4 is 5.32 Å². The minimum atomic E-state index is -0.380. The number of hydrogen-bond donors (Lipinski definition) is 1. The van der Waals surface area contributed by atoms with Gasteiger partial charge in [0, 0.05) is 0 Å². The topological polar surface area (TPSA) is 73.0 Å². The first-order chi connectivity index (χ1) is 11.6. The van der Waals surface area contributed by atoms with E-state index in [9.17, 15) is 9.18 Å². The van der Waals surface area contributed by atoms with E-state index in [4.69, 9.17) is 4.42 Å². The second kappa shape index (κ2) is 7.31. The third kappa shape index (κ3) is 3.65. The number of rotatable bonds is 6. The maximum absolute atomic E-state index is 13.9. The SMILES string of the molecule is CC(NC(=O)CSc1nncn1-c1ccccc1F)c1ccco1. The molecule has 0 saturated carbocycles. The van der Waals surface area contributed by atoms with Gasteiger partial charge in [0.1, 0.15) is 17.9 Å². The minimum Gasteiger partial charge on any atom is -0.467 e. The van der Waals surface area contributed by atoms with E-state index in [-0.39, 0.29) is 23.5 Å². The second-order valence-corrected chi connectivity index (χ2v) is 5.97. The van der Waals surface area contributed by atoms with Crippen molar-refractivity contribution in [2.24, 2.45) is 0 Å². The lowest BCUT2D eigenvalue weighted by Crippen LogP contribution is -2.28. The van der Waals surface area contributed by atoms with E-state index in [1.165, 1.54) is 28.7 Å². The van der Waals surface area contributed by atoms with Crippen LogP contribution in [0.5, 0.6) is 0 Å². The number of carbonyl (C=O) groups is 1. The number of nitrogens with one attached hydrogen (secondary N) is 1. The molecule has 0 aliphatic rings. The maximum Gasteiger partial charge on any atom is 0.231 e. The van der Waals surface area contributed by atoms with Crippen LogP contribution in [-0.2, 0) is 4.79 Å². The molecule has 2 heterocycles. The van der Waals surface area contributed by atoms with Crippen LogP contribution in [0.3, 0.4) is 0 Å². The Morgan fingerprint density at radius 2 is 2.21 bits per heavy atom. The largest absolute Gasteiger partial charge is 0.467 e. The predicted octanol–water partition coefficient (Wildman–Crippen LogP) is 2.97. The first-order valence-corrected chi connectivity index (χ1v) is 8.24. The third-order valence-corrected chi connectivity index (χ3v) is 4.25. The lowest BCUT2D eigenvalue weighted by molar-refractivity contribution is -0.119. The van der Waals surface area contributed by atoms with Gasteiger partial charge in [-0.25, -0.2) is 4.39 Å². The quantitative estimate of drug-likeness (QED) is 0.695. The number of nitrogens with zero attached hydrogens (tertiary/aromatic N) is 3. The molecule has 0 aliphatic carbocycles. The van der Waals surface area contributed by atoms with Crippen LogP contribution in [0.25, 0.3) is 5.69 Å². The number of halogens is 1. The predicted molar refractivity (Wildman–Crippen MR) is 87.3 cm³/mol. The Morgan fingerprint density at radius 1 is 1.38 bits per heavy atom. The third-order valence-electron chi connectivity index (χ3n) is 3.31. The summed E-state index contributed by atoms with van der Waals surface area (Å²) in [7, 11) is 0. The summed E-state index contributed by atoms with van der Waals surface area (Å²) in [5, 5.41) is 11.0. The summed E-state index contributed by atoms with van der Waals surface area (Å²) in [4.78, 5) is 12.1. The van der Waals surface area contributed by atoms with Crippen molar-refractivity contribution < 1.29 is 13.6 Å². The van der Waals surface area contributed by atoms with Gasteiger partial charge in [0.25, 0.3) is 0 Å². The summed E-state index contributed by atoms with van der Waals surface area (Å²) in [5.74, 6) is 0.267. The van der Waals surface area contributed by atoms with Crippen LogP contribution in [0, 0.1) is 5.82 Å². The highest BCUT2D eigenvalue weighted by molar-refractivity contribution is 7.99. The summed E-state index contributed by atoms with van der Waals surface area (Å²) in [6, 6.07) is 9.67. The molecule has 1 atom stereocenters. The average Bonchev–Trinajstić information content (AvgIpc) is 3.25. The molecular formula is C16H15FN4O2S. The summed E-state index contributed by atoms with van der Waals surface area (Å²) < 4.78 is 20.6. The highest BCUT2D eigenvalue weighted by Crippen LogP contribution is 2.21. The van der Waals surface area contributed by atoms with Crippen LogP contribution in [-0.4, -0.2) is 26.4 Å². The fraction of sp³-hybridized carbons (Fsp3) is 0.188. The van der Waals surface area contributed by atoms with Crippen molar-refractivity contribution in [3.8, 4) is 5.69 Å². The van der Waals surface area contributed by atoms with Gasteiger partial charge in [0.2, 0.25) is 5.91 Å². The molecule has 1 aromatic carbocycles. The van der Waals surface area contributed by atoms with Gasteiger partial charge in [-0.2, -0.15) is 0 Å². The van der Waals surface area contributed by atoms with Gasteiger partial charge in [-0.05, 0) is 31.2 Å². The molecule has 8 heteroatoms. The molecule has 24 heavy (non-hydrogen) atoms. The van der Waals surface area contributed by atoms with Crippen molar-refractivity contribution in [3.05, 3.63) is 60.6 Å². The molecule has 3 rings (SSSR count). The van der Waals surface area contributed by atoms with Crippen molar-refractivity contribution in [1.29, 1.82) is 0 Å². The van der Waals surface area contributed by atoms with Gasteiger partial charge >= 0.3 is 0 Å². The number of furan rings is 1. The van der Waals surface area contributed by atoms with E-state index in [1.807, 2.05) is 6.92 Å². The molecule has 0 saturated heterocycles. The standard InChI is InChI=1S/C16H15FN4O2S/c1-11(14-7-4-8-23-14)19-15(22)9-24-16-20-18-10-21(16)13-6-3-2-5-12(13)17/h2-8,10-11H,9H2,1H3,(H,19,22). The normalized spacial score (nSPS) is 12.1. The van der Waals surface area contributed by atoms with Crippen molar-refractivity contribution in [2.75, 3.05) is 5.75 Å². The molecule has 3 aromatic rings. The highest BCUT2D eigenvalue weighted by atomic mass is 32.2. The second-order valence-electron chi connectivity index (χ2n) is 5.03. The number of aromatic nitrogens is 3. The fourth-order valence-electron chi connectivity index (χ4n) is 2.16. The zero-order valence-corrected chi connectivity index (χ0v) is 13.7. The first-order valence-electron chi connectivity index (χ1n) is 7.25. The van der Waals surface area contributed by atoms with E-state index >= 15 is 0 Å². The summed E-state index contributed by atoms with van der Waals surface area (Å²) >= 11 is 1.18. The first kappa shape index (κ1) is 16.3. The minimum absolute atomic E-state index is 0.137. The van der Waals surface area contributed by atoms with Crippen LogP contribution >= 0.6 is 11.8 Å². The Hall–Kier alpha value is -2.61. The summed E-state index contributed by atoms with van der Waals surface area (Å²) in [6.07, 6.45) is 2.98. The molecular weight excluding hydrogens is 331 g/mol. The monoisotopic (exact) mass is 346 g/mol. The summed E-state index contributed by atoms with van der Waals surface area (Å²) in [6.45, 7) is 1.84. The Labute approximate surface area is 142 Å². The molecule has 0 radical (unpaired) electrons. The van der Waals surface area contributed by atoms with Gasteiger partial charge in [-0.15, -0.1) is 10.2 Å². The zero-order valence-electron chi connectivity index (χ0n) is 12.8. The lowest BCUT2D eigenvalue weighted by Gasteiger charge is -2.11. The van der Waals surface area contributed by atoms with Crippen LogP contribution in [0.4, 0.5) is 4.39 Å². The summed E-state index contributed by atoms with van der Waals surface area (Å²) in [5.41, 5.74) is 0.342. The van der Waals surface area contributed by atoms with E-state index < -0.39 is 0 Å². The number of thioether (sulfide) groups is 1. The molecule has 0 bridgehead atoms. The Kier molecular flexibility index (Phi) is 4.95. The molecule has 1 N–H and O–H groups in total. The number of para-hydroxylation sites is 1. The molecule has 2 aromatic heterocycles. The molecule has 1 amide bonds. The van der Waals surface area contributed by atoms with Gasteiger partial charge in [-0.1, -0.05) is 23.9 Å². The van der Waals surface area contributed by atoms with Gasteiger partial charge < -0.3 is 9.73 Å². The molecule has 0 fully saturated rings. The van der Waals surface area contributed by atoms with E-state index in [1.54, 1.807) is 36.6 Å². The van der Waals surface area contributed by atoms with E-state index in [0.717, 1.165) is 0 Å². The molecule has 124 valence electrons. The average molecular weight is 346 g/mol. The number of benzene rings is 1. The van der Waals surface area contributed by atoms with Crippen molar-refractivity contribution in [2.45, 2.75) is 18.1 Å². The van der Waals surface area contributed by atoms with Crippen LogP contribution in [0.1, 0.15) is 18.7 Å². The van der Waals surface area contributed by atoms with Crippen molar-refractivity contribution in [1.82, 2.24) is 20.1 Å². The van der Waals surface area contributed by atoms with Gasteiger partial charge in [0.05, 0.1) is 23.7 Å². The van der Waals surface area contributed by atoms with Crippen molar-refractivity contribution in [3.63, 3.8) is 0 Å². The van der Waals surface area contributed by atoms with E-state index in [2.05, 4.69) is 15.5 Å². The van der Waals surface area contributed by atoms with Crippen molar-refractivity contribution >= 4 is 17.7 Å². The van der Waals surface area contributed by atoms with Gasteiger partial charge in [-0.3, -0.25) is 9.36 Å². The van der Waals surface area contributed by atoms with Crippen LogP contribution in [0.2, 0.25) is 0 Å². The molecule has 1 unspecified atom stereocenters. The zero-order chi connectivity index (χ0) is 16.9. The number of amides is 1. The number of carbonyl (C=O) groups excluding carboxylic acids is 1. The molecule has 6 nitrogen and oxygen atoms in total. The Morgan fingerprint density at radius 3 is 2.96 bits per heavy atom. The fourth-order valence-corrected chi connectivity index (χ4v) is 2.89. The Bertz CT molecular complexity index is 819.